The highest BCUT2D eigenvalue weighted by molar-refractivity contribution is 7.18. The Balaban J connectivity index is 1.69. The van der Waals surface area contributed by atoms with Crippen LogP contribution in [0.15, 0.2) is 47.8 Å². The van der Waals surface area contributed by atoms with Crippen molar-refractivity contribution in [1.82, 2.24) is 25.6 Å². The van der Waals surface area contributed by atoms with Gasteiger partial charge in [0.05, 0.1) is 10.2 Å². The van der Waals surface area contributed by atoms with Gasteiger partial charge in [-0.1, -0.05) is 12.1 Å². The molecule has 0 fully saturated rings. The summed E-state index contributed by atoms with van der Waals surface area (Å²) in [6.45, 7) is 0. The van der Waals surface area contributed by atoms with E-state index in [-0.39, 0.29) is 0 Å². The second-order valence-electron chi connectivity index (χ2n) is 5.89. The molecule has 9 heteroatoms. The lowest BCUT2D eigenvalue weighted by Gasteiger charge is -2.10. The zero-order valence-electron chi connectivity index (χ0n) is 13.6. The lowest BCUT2D eigenvalue weighted by atomic mass is 10.1. The van der Waals surface area contributed by atoms with E-state index in [0.717, 1.165) is 27.1 Å². The highest BCUT2D eigenvalue weighted by Crippen LogP contribution is 2.36. The summed E-state index contributed by atoms with van der Waals surface area (Å²) in [6, 6.07) is 11.0. The van der Waals surface area contributed by atoms with Gasteiger partial charge in [-0.2, -0.15) is 0 Å². The monoisotopic (exact) mass is 380 g/mol. The number of aromatic amines is 1. The number of halogens is 2. The maximum atomic E-state index is 13.5. The fraction of sp³-hybridized carbons (Fsp3) is 0. The average Bonchev–Trinajstić information content (AvgIpc) is 3.33. The molecule has 0 radical (unpaired) electrons. The van der Waals surface area contributed by atoms with Crippen LogP contribution in [0.4, 0.5) is 20.3 Å². The minimum atomic E-state index is -0.652. The van der Waals surface area contributed by atoms with E-state index < -0.39 is 11.6 Å². The number of hydrogen-bond donors (Lipinski definition) is 2. The standard InChI is InChI=1S/C18H10F2N6S/c19-10-6-11(20)8-12(7-10)21-18-16-14(3-4-27-16)13-2-1-9(5-15(13)22-18)17-23-25-26-24-17/h1-8H,(H,21,22)(H,23,24,25,26). The van der Waals surface area contributed by atoms with Crippen LogP contribution in [0.3, 0.4) is 0 Å². The van der Waals surface area contributed by atoms with Gasteiger partial charge in [-0.25, -0.2) is 18.9 Å². The Morgan fingerprint density at radius 3 is 2.59 bits per heavy atom. The molecule has 2 N–H and O–H groups in total. The number of nitrogens with zero attached hydrogens (tertiary/aromatic N) is 4. The number of fused-ring (bicyclic) bond motifs is 3. The second kappa shape index (κ2) is 6.06. The van der Waals surface area contributed by atoms with Gasteiger partial charge >= 0.3 is 0 Å². The molecule has 0 atom stereocenters. The summed E-state index contributed by atoms with van der Waals surface area (Å²) in [5, 5.41) is 20.8. The number of rotatable bonds is 3. The highest BCUT2D eigenvalue weighted by atomic mass is 32.1. The van der Waals surface area contributed by atoms with Crippen LogP contribution in [0.5, 0.6) is 0 Å². The van der Waals surface area contributed by atoms with Gasteiger partial charge in [0, 0.05) is 28.1 Å². The zero-order valence-corrected chi connectivity index (χ0v) is 14.4. The first-order valence-electron chi connectivity index (χ1n) is 7.95. The number of thiophene rings is 1. The SMILES string of the molecule is Fc1cc(F)cc(Nc2nc3cc(-c4nnn[nH]4)ccc3c3ccsc23)c1. The molecule has 5 aromatic rings. The fourth-order valence-electron chi connectivity index (χ4n) is 3.00. The summed E-state index contributed by atoms with van der Waals surface area (Å²) in [4.78, 5) is 4.67. The van der Waals surface area contributed by atoms with Crippen LogP contribution in [-0.2, 0) is 0 Å². The predicted molar refractivity (Wildman–Crippen MR) is 99.9 cm³/mol. The van der Waals surface area contributed by atoms with Gasteiger partial charge in [-0.3, -0.25) is 0 Å². The molecule has 6 nitrogen and oxygen atoms in total. The molecule has 2 aromatic carbocycles. The van der Waals surface area contributed by atoms with Crippen LogP contribution in [0, 0.1) is 11.6 Å². The molecule has 0 aliphatic heterocycles. The Morgan fingerprint density at radius 1 is 0.963 bits per heavy atom. The van der Waals surface area contributed by atoms with E-state index in [1.54, 1.807) is 0 Å². The highest BCUT2D eigenvalue weighted by Gasteiger charge is 2.13. The molecular formula is C18H10F2N6S. The molecule has 3 heterocycles. The molecule has 0 unspecified atom stereocenters. The Hall–Kier alpha value is -3.46. The summed E-state index contributed by atoms with van der Waals surface area (Å²) in [7, 11) is 0. The van der Waals surface area contributed by atoms with Crippen molar-refractivity contribution in [3.05, 3.63) is 59.5 Å². The molecule has 0 bridgehead atoms. The number of nitrogens with one attached hydrogen (secondary N) is 2. The summed E-state index contributed by atoms with van der Waals surface area (Å²) in [5.41, 5.74) is 1.80. The van der Waals surface area contributed by atoms with Crippen LogP contribution in [0.1, 0.15) is 0 Å². The Labute approximate surface area is 154 Å². The number of benzene rings is 2. The fourth-order valence-corrected chi connectivity index (χ4v) is 3.86. The van der Waals surface area contributed by atoms with Crippen molar-refractivity contribution >= 4 is 43.8 Å². The first kappa shape index (κ1) is 15.8. The summed E-state index contributed by atoms with van der Waals surface area (Å²) < 4.78 is 28.0. The Bertz CT molecular complexity index is 1260. The van der Waals surface area contributed by atoms with Crippen molar-refractivity contribution in [3.8, 4) is 11.4 Å². The van der Waals surface area contributed by atoms with Crippen molar-refractivity contribution in [2.45, 2.75) is 0 Å². The third kappa shape index (κ3) is 2.77. The van der Waals surface area contributed by atoms with Crippen LogP contribution in [-0.4, -0.2) is 25.6 Å². The van der Waals surface area contributed by atoms with E-state index in [2.05, 4.69) is 30.9 Å². The maximum Gasteiger partial charge on any atom is 0.179 e. The molecule has 0 saturated heterocycles. The third-order valence-corrected chi connectivity index (χ3v) is 5.07. The van der Waals surface area contributed by atoms with E-state index in [1.807, 2.05) is 29.6 Å². The topological polar surface area (TPSA) is 79.4 Å². The van der Waals surface area contributed by atoms with Crippen LogP contribution < -0.4 is 5.32 Å². The molecule has 0 aliphatic carbocycles. The maximum absolute atomic E-state index is 13.5. The summed E-state index contributed by atoms with van der Waals surface area (Å²) in [6.07, 6.45) is 0. The zero-order chi connectivity index (χ0) is 18.4. The van der Waals surface area contributed by atoms with Crippen LogP contribution >= 0.6 is 11.3 Å². The normalized spacial score (nSPS) is 11.3. The van der Waals surface area contributed by atoms with E-state index in [0.29, 0.717) is 22.8 Å². The van der Waals surface area contributed by atoms with Gasteiger partial charge in [0.2, 0.25) is 0 Å². The number of aromatic nitrogens is 5. The molecule has 0 saturated carbocycles. The van der Waals surface area contributed by atoms with Crippen LogP contribution in [0.25, 0.3) is 32.4 Å². The second-order valence-corrected chi connectivity index (χ2v) is 6.80. The molecule has 27 heavy (non-hydrogen) atoms. The molecule has 0 spiro atoms. The van der Waals surface area contributed by atoms with E-state index in [4.69, 9.17) is 0 Å². The summed E-state index contributed by atoms with van der Waals surface area (Å²) in [5.74, 6) is -0.238. The number of H-pyrrole nitrogens is 1. The van der Waals surface area contributed by atoms with Crippen molar-refractivity contribution in [3.63, 3.8) is 0 Å². The number of hydrogen-bond acceptors (Lipinski definition) is 6. The molecule has 0 aliphatic rings. The predicted octanol–water partition coefficient (Wildman–Crippen LogP) is 4.65. The number of anilines is 2. The first-order valence-corrected chi connectivity index (χ1v) is 8.83. The average molecular weight is 380 g/mol. The third-order valence-electron chi connectivity index (χ3n) is 4.14. The molecule has 5 rings (SSSR count). The van der Waals surface area contributed by atoms with Gasteiger partial charge in [-0.15, -0.1) is 16.4 Å². The lowest BCUT2D eigenvalue weighted by molar-refractivity contribution is 0.584. The first-order chi connectivity index (χ1) is 13.2. The van der Waals surface area contributed by atoms with Gasteiger partial charge in [0.25, 0.3) is 0 Å². The quantitative estimate of drug-likeness (QED) is 0.476. The van der Waals surface area contributed by atoms with E-state index in [1.165, 1.54) is 23.5 Å². The van der Waals surface area contributed by atoms with Gasteiger partial charge < -0.3 is 5.32 Å². The smallest absolute Gasteiger partial charge is 0.179 e. The van der Waals surface area contributed by atoms with E-state index in [9.17, 15) is 8.78 Å². The number of pyridine rings is 1. The van der Waals surface area contributed by atoms with Crippen molar-refractivity contribution in [2.24, 2.45) is 0 Å². The van der Waals surface area contributed by atoms with Crippen molar-refractivity contribution in [2.75, 3.05) is 5.32 Å². The van der Waals surface area contributed by atoms with Crippen molar-refractivity contribution < 1.29 is 8.78 Å². The van der Waals surface area contributed by atoms with Crippen molar-refractivity contribution in [1.29, 1.82) is 0 Å². The van der Waals surface area contributed by atoms with E-state index >= 15 is 0 Å². The van der Waals surface area contributed by atoms with Gasteiger partial charge in [0.1, 0.15) is 17.5 Å². The minimum absolute atomic E-state index is 0.296. The van der Waals surface area contributed by atoms with Gasteiger partial charge in [-0.05, 0) is 40.1 Å². The molecular weight excluding hydrogens is 370 g/mol. The lowest BCUT2D eigenvalue weighted by Crippen LogP contribution is -1.96. The number of tetrazole rings is 1. The molecule has 0 amide bonds. The molecule has 132 valence electrons. The Morgan fingerprint density at radius 2 is 1.81 bits per heavy atom. The van der Waals surface area contributed by atoms with Gasteiger partial charge in [0.15, 0.2) is 5.82 Å². The molecule has 3 aromatic heterocycles. The Kier molecular flexibility index (Phi) is 3.54. The summed E-state index contributed by atoms with van der Waals surface area (Å²) >= 11 is 1.51. The van der Waals surface area contributed by atoms with Crippen LogP contribution in [0.2, 0.25) is 0 Å². The largest absolute Gasteiger partial charge is 0.339 e. The minimum Gasteiger partial charge on any atom is -0.339 e.